The minimum absolute atomic E-state index is 0.106. The van der Waals surface area contributed by atoms with Gasteiger partial charge in [0.1, 0.15) is 5.44 Å². The zero-order valence-corrected chi connectivity index (χ0v) is 8.98. The van der Waals surface area contributed by atoms with Gasteiger partial charge in [-0.3, -0.25) is 9.78 Å². The molecule has 88 valence electrons. The van der Waals surface area contributed by atoms with Crippen LogP contribution >= 0.6 is 11.8 Å². The Kier molecular flexibility index (Phi) is 3.32. The van der Waals surface area contributed by atoms with Crippen molar-refractivity contribution in [2.75, 3.05) is 12.4 Å². The van der Waals surface area contributed by atoms with Gasteiger partial charge in [0.05, 0.1) is 18.6 Å². The lowest BCUT2D eigenvalue weighted by molar-refractivity contribution is -0.138. The number of aliphatic hydroxyl groups is 1. The van der Waals surface area contributed by atoms with Gasteiger partial charge in [-0.15, -0.1) is 16.5 Å². The molecule has 16 heavy (non-hydrogen) atoms. The lowest BCUT2D eigenvalue weighted by atomic mass is 10.7. The van der Waals surface area contributed by atoms with Crippen molar-refractivity contribution in [3.63, 3.8) is 0 Å². The van der Waals surface area contributed by atoms with Crippen LogP contribution in [0.2, 0.25) is 0 Å². The molecule has 0 radical (unpaired) electrons. The van der Waals surface area contributed by atoms with Crippen molar-refractivity contribution < 1.29 is 14.7 Å². The molecule has 2 heterocycles. The maximum Gasteiger partial charge on any atom is 0.361 e. The zero-order valence-electron chi connectivity index (χ0n) is 8.16. The predicted octanol–water partition coefficient (Wildman–Crippen LogP) is -1.63. The van der Waals surface area contributed by atoms with E-state index in [1.165, 1.54) is 24.0 Å². The summed E-state index contributed by atoms with van der Waals surface area (Å²) >= 11 is 1.39. The Morgan fingerprint density at radius 2 is 2.50 bits per heavy atom. The van der Waals surface area contributed by atoms with Crippen molar-refractivity contribution in [3.8, 4) is 0 Å². The van der Waals surface area contributed by atoms with E-state index in [9.17, 15) is 9.59 Å². The molecule has 1 aromatic heterocycles. The number of aliphatic hydroxyl groups excluding tert-OH is 1. The molecule has 1 aliphatic rings. The summed E-state index contributed by atoms with van der Waals surface area (Å²) in [5.41, 5.74) is -1.48. The molecule has 1 aromatic rings. The second-order valence-electron chi connectivity index (χ2n) is 3.05. The highest BCUT2D eigenvalue weighted by Gasteiger charge is 2.27. The van der Waals surface area contributed by atoms with Gasteiger partial charge in [-0.05, 0) is 0 Å². The minimum Gasteiger partial charge on any atom is -0.393 e. The summed E-state index contributed by atoms with van der Waals surface area (Å²) < 4.78 is 6.13. The highest BCUT2D eigenvalue weighted by atomic mass is 32.2. The van der Waals surface area contributed by atoms with Crippen LogP contribution in [-0.4, -0.2) is 38.9 Å². The molecule has 7 nitrogen and oxygen atoms in total. The van der Waals surface area contributed by atoms with E-state index in [-0.39, 0.29) is 12.0 Å². The van der Waals surface area contributed by atoms with E-state index in [1.807, 2.05) is 0 Å². The number of aromatic nitrogens is 2. The fourth-order valence-corrected chi connectivity index (χ4v) is 2.02. The van der Waals surface area contributed by atoms with Crippen LogP contribution in [0.1, 0.15) is 0 Å². The molecule has 1 aliphatic heterocycles. The van der Waals surface area contributed by atoms with E-state index in [0.717, 1.165) is 4.73 Å². The third-order valence-electron chi connectivity index (χ3n) is 1.89. The highest BCUT2D eigenvalue weighted by molar-refractivity contribution is 8.00. The van der Waals surface area contributed by atoms with Crippen molar-refractivity contribution in [2.24, 2.45) is 0 Å². The number of hydrogen-bond acceptors (Lipinski definition) is 6. The van der Waals surface area contributed by atoms with Gasteiger partial charge in [-0.2, -0.15) is 0 Å². The molecule has 1 fully saturated rings. The first-order valence-electron chi connectivity index (χ1n) is 4.56. The van der Waals surface area contributed by atoms with E-state index < -0.39 is 17.5 Å². The molecule has 2 atom stereocenters. The Balaban J connectivity index is 2.05. The molecule has 0 amide bonds. The van der Waals surface area contributed by atoms with Gasteiger partial charge in [0.25, 0.3) is 5.56 Å². The van der Waals surface area contributed by atoms with Crippen molar-refractivity contribution in [3.05, 3.63) is 33.1 Å². The number of thioether (sulfide) groups is 1. The van der Waals surface area contributed by atoms with Crippen molar-refractivity contribution >= 4 is 11.8 Å². The molecule has 2 rings (SSSR count). The van der Waals surface area contributed by atoms with Gasteiger partial charge >= 0.3 is 5.69 Å². The van der Waals surface area contributed by atoms with Gasteiger partial charge < -0.3 is 14.7 Å². The monoisotopic (exact) mass is 246 g/mol. The summed E-state index contributed by atoms with van der Waals surface area (Å²) in [5.74, 6) is 0.511. The van der Waals surface area contributed by atoms with E-state index in [0.29, 0.717) is 5.75 Å². The minimum atomic E-state index is -0.659. The molecule has 0 aromatic carbocycles. The molecule has 0 saturated carbocycles. The van der Waals surface area contributed by atoms with Gasteiger partial charge in [0.15, 0.2) is 0 Å². The van der Waals surface area contributed by atoms with E-state index in [4.69, 9.17) is 14.7 Å². The molecule has 0 bridgehead atoms. The Morgan fingerprint density at radius 1 is 1.69 bits per heavy atom. The summed E-state index contributed by atoms with van der Waals surface area (Å²) in [4.78, 5) is 29.3. The standard InChI is InChI=1S/C8H10N2O5S/c11-3-7-14-6(4-16-7)15-10-2-1-5(12)9-8(10)13/h1-2,6-7,11H,3-4H2,(H,9,12,13)/t6-,7+/m1/s1. The van der Waals surface area contributed by atoms with E-state index >= 15 is 0 Å². The topological polar surface area (TPSA) is 93.5 Å². The maximum absolute atomic E-state index is 11.2. The normalized spacial score (nSPS) is 24.6. The largest absolute Gasteiger partial charge is 0.393 e. The van der Waals surface area contributed by atoms with Crippen LogP contribution in [0.3, 0.4) is 0 Å². The molecule has 0 unspecified atom stereocenters. The average molecular weight is 246 g/mol. The smallest absolute Gasteiger partial charge is 0.361 e. The van der Waals surface area contributed by atoms with Crippen LogP contribution in [0.5, 0.6) is 0 Å². The fourth-order valence-electron chi connectivity index (χ4n) is 1.20. The maximum atomic E-state index is 11.2. The Bertz CT molecular complexity index is 470. The van der Waals surface area contributed by atoms with Crippen LogP contribution in [0.25, 0.3) is 0 Å². The molecular formula is C8H10N2O5S. The summed E-state index contributed by atoms with van der Waals surface area (Å²) in [6.07, 6.45) is 0.618. The number of ether oxygens (including phenoxy) is 1. The lowest BCUT2D eigenvalue weighted by Gasteiger charge is -2.13. The third kappa shape index (κ3) is 2.46. The van der Waals surface area contributed by atoms with E-state index in [1.54, 1.807) is 0 Å². The van der Waals surface area contributed by atoms with Crippen molar-refractivity contribution in [1.82, 2.24) is 9.71 Å². The summed E-state index contributed by atoms with van der Waals surface area (Å²) in [6, 6.07) is 1.17. The summed E-state index contributed by atoms with van der Waals surface area (Å²) in [7, 11) is 0. The number of nitrogens with one attached hydrogen (secondary N) is 1. The predicted molar refractivity (Wildman–Crippen MR) is 56.1 cm³/mol. The first-order valence-corrected chi connectivity index (χ1v) is 5.61. The van der Waals surface area contributed by atoms with Gasteiger partial charge in [-0.1, -0.05) is 0 Å². The SMILES string of the molecule is O=c1ccn(O[C@@H]2CS[C@@H](CO)O2)c(=O)[nH]1. The number of aromatic amines is 1. The molecular weight excluding hydrogens is 236 g/mol. The first-order chi connectivity index (χ1) is 7.69. The molecule has 0 spiro atoms. The first kappa shape index (κ1) is 11.2. The second kappa shape index (κ2) is 4.73. The Hall–Kier alpha value is -1.25. The van der Waals surface area contributed by atoms with Crippen LogP contribution in [-0.2, 0) is 4.74 Å². The number of hydrogen-bond donors (Lipinski definition) is 2. The number of H-pyrrole nitrogens is 1. The van der Waals surface area contributed by atoms with E-state index in [2.05, 4.69) is 4.98 Å². The van der Waals surface area contributed by atoms with Gasteiger partial charge in [0.2, 0.25) is 6.29 Å². The van der Waals surface area contributed by atoms with Crippen molar-refractivity contribution in [1.29, 1.82) is 0 Å². The molecule has 8 heteroatoms. The molecule has 2 N–H and O–H groups in total. The zero-order chi connectivity index (χ0) is 11.5. The van der Waals surface area contributed by atoms with Gasteiger partial charge in [-0.25, -0.2) is 4.79 Å². The number of nitrogens with zero attached hydrogens (tertiary/aromatic N) is 1. The number of rotatable bonds is 3. The molecule has 1 saturated heterocycles. The van der Waals surface area contributed by atoms with Crippen LogP contribution in [0.15, 0.2) is 21.9 Å². The second-order valence-corrected chi connectivity index (χ2v) is 4.24. The highest BCUT2D eigenvalue weighted by Crippen LogP contribution is 2.23. The fraction of sp³-hybridized carbons (Fsp3) is 0.500. The summed E-state index contributed by atoms with van der Waals surface area (Å²) in [6.45, 7) is -0.106. The van der Waals surface area contributed by atoms with Crippen LogP contribution in [0, 0.1) is 0 Å². The Morgan fingerprint density at radius 3 is 3.12 bits per heavy atom. The van der Waals surface area contributed by atoms with Crippen molar-refractivity contribution in [2.45, 2.75) is 11.7 Å². The quantitative estimate of drug-likeness (QED) is 0.665. The molecule has 0 aliphatic carbocycles. The summed E-state index contributed by atoms with van der Waals surface area (Å²) in [5, 5.41) is 8.82. The van der Waals surface area contributed by atoms with Crippen LogP contribution < -0.4 is 16.1 Å². The van der Waals surface area contributed by atoms with Gasteiger partial charge in [0, 0.05) is 6.07 Å². The third-order valence-corrected chi connectivity index (χ3v) is 2.99. The average Bonchev–Trinajstić information content (AvgIpc) is 2.70. The lowest BCUT2D eigenvalue weighted by Crippen LogP contribution is -2.38. The Labute approximate surface area is 94.0 Å². The van der Waals surface area contributed by atoms with Crippen LogP contribution in [0.4, 0.5) is 0 Å².